The number of nitrogens with two attached hydrogens (primary N) is 1. The zero-order valence-electron chi connectivity index (χ0n) is 7.88. The van der Waals surface area contributed by atoms with Crippen molar-refractivity contribution in [2.75, 3.05) is 12.0 Å². The molecule has 0 aliphatic carbocycles. The van der Waals surface area contributed by atoms with E-state index in [1.807, 2.05) is 12.5 Å². The Morgan fingerprint density at radius 3 is 2.87 bits per heavy atom. The van der Waals surface area contributed by atoms with Crippen molar-refractivity contribution < 1.29 is 0 Å². The summed E-state index contributed by atoms with van der Waals surface area (Å²) in [5, 5.41) is 4.75. The van der Waals surface area contributed by atoms with Crippen molar-refractivity contribution in [1.82, 2.24) is 19.7 Å². The number of hydrogen-bond donors (Lipinski definition) is 1. The van der Waals surface area contributed by atoms with Crippen LogP contribution >= 0.6 is 27.7 Å². The molecular weight excluding hydrogens is 278 g/mol. The van der Waals surface area contributed by atoms with E-state index in [9.17, 15) is 0 Å². The van der Waals surface area contributed by atoms with Crippen LogP contribution in [0.2, 0.25) is 0 Å². The lowest BCUT2D eigenvalue weighted by molar-refractivity contribution is 0.810. The lowest BCUT2D eigenvalue weighted by Crippen LogP contribution is -2.03. The first-order valence-corrected chi connectivity index (χ1v) is 6.10. The third-order valence-electron chi connectivity index (χ3n) is 1.68. The Kier molecular flexibility index (Phi) is 2.92. The second-order valence-electron chi connectivity index (χ2n) is 2.74. The van der Waals surface area contributed by atoms with Crippen molar-refractivity contribution in [2.45, 2.75) is 5.16 Å². The first-order chi connectivity index (χ1) is 7.19. The molecule has 0 unspecified atom stereocenters. The summed E-state index contributed by atoms with van der Waals surface area (Å²) in [6.07, 6.45) is 5.40. The van der Waals surface area contributed by atoms with Crippen molar-refractivity contribution in [1.29, 1.82) is 0 Å². The average molecular weight is 286 g/mol. The lowest BCUT2D eigenvalue weighted by atomic mass is 10.5. The first-order valence-electron chi connectivity index (χ1n) is 4.08. The minimum Gasteiger partial charge on any atom is -0.383 e. The number of nitrogen functional groups attached to an aromatic ring is 1. The maximum Gasteiger partial charge on any atom is 0.191 e. The Balaban J connectivity index is 2.48. The van der Waals surface area contributed by atoms with Gasteiger partial charge in [-0.1, -0.05) is 11.8 Å². The van der Waals surface area contributed by atoms with E-state index < -0.39 is 0 Å². The van der Waals surface area contributed by atoms with Crippen LogP contribution in [0.15, 0.2) is 28.1 Å². The summed E-state index contributed by atoms with van der Waals surface area (Å²) >= 11 is 4.76. The SMILES string of the molecule is CSc1nc(N)cc(-n2cc(Br)cn2)n1. The molecule has 2 N–H and O–H groups in total. The van der Waals surface area contributed by atoms with Gasteiger partial charge in [-0.2, -0.15) is 5.10 Å². The van der Waals surface area contributed by atoms with Crippen LogP contribution in [0, 0.1) is 0 Å². The molecule has 2 heterocycles. The fraction of sp³-hybridized carbons (Fsp3) is 0.125. The van der Waals surface area contributed by atoms with Crippen LogP contribution in [0.4, 0.5) is 5.82 Å². The fourth-order valence-corrected chi connectivity index (χ4v) is 1.73. The van der Waals surface area contributed by atoms with E-state index in [0.29, 0.717) is 16.8 Å². The zero-order chi connectivity index (χ0) is 10.8. The maximum atomic E-state index is 5.66. The highest BCUT2D eigenvalue weighted by Gasteiger charge is 2.04. The van der Waals surface area contributed by atoms with Crippen LogP contribution in [0.25, 0.3) is 5.82 Å². The number of nitrogens with zero attached hydrogens (tertiary/aromatic N) is 4. The maximum absolute atomic E-state index is 5.66. The average Bonchev–Trinajstić information content (AvgIpc) is 2.64. The molecule has 2 aromatic rings. The van der Waals surface area contributed by atoms with Gasteiger partial charge in [-0.25, -0.2) is 14.6 Å². The Hall–Kier alpha value is -1.08. The van der Waals surface area contributed by atoms with E-state index in [1.165, 1.54) is 11.8 Å². The van der Waals surface area contributed by atoms with Crippen LogP contribution < -0.4 is 5.73 Å². The molecule has 2 rings (SSSR count). The number of hydrogen-bond acceptors (Lipinski definition) is 5. The molecule has 0 fully saturated rings. The topological polar surface area (TPSA) is 69.6 Å². The molecule has 0 saturated carbocycles. The summed E-state index contributed by atoms with van der Waals surface area (Å²) in [5.74, 6) is 1.11. The van der Waals surface area contributed by atoms with Gasteiger partial charge in [-0.15, -0.1) is 0 Å². The summed E-state index contributed by atoms with van der Waals surface area (Å²) in [4.78, 5) is 8.35. The Morgan fingerprint density at radius 2 is 2.27 bits per heavy atom. The van der Waals surface area contributed by atoms with Gasteiger partial charge < -0.3 is 5.73 Å². The van der Waals surface area contributed by atoms with Crippen molar-refractivity contribution >= 4 is 33.5 Å². The van der Waals surface area contributed by atoms with E-state index in [1.54, 1.807) is 16.9 Å². The van der Waals surface area contributed by atoms with Crippen LogP contribution in [0.3, 0.4) is 0 Å². The Morgan fingerprint density at radius 1 is 1.47 bits per heavy atom. The lowest BCUT2D eigenvalue weighted by Gasteiger charge is -2.03. The molecule has 2 aromatic heterocycles. The molecule has 0 aliphatic rings. The number of thioether (sulfide) groups is 1. The molecule has 0 radical (unpaired) electrons. The van der Waals surface area contributed by atoms with Crippen LogP contribution in [0.1, 0.15) is 0 Å². The zero-order valence-corrected chi connectivity index (χ0v) is 10.3. The van der Waals surface area contributed by atoms with E-state index in [0.717, 1.165) is 4.47 Å². The van der Waals surface area contributed by atoms with Gasteiger partial charge in [0.1, 0.15) is 5.82 Å². The monoisotopic (exact) mass is 285 g/mol. The van der Waals surface area contributed by atoms with Gasteiger partial charge in [0.15, 0.2) is 11.0 Å². The van der Waals surface area contributed by atoms with Gasteiger partial charge in [0.2, 0.25) is 0 Å². The number of halogens is 1. The summed E-state index contributed by atoms with van der Waals surface area (Å²) in [7, 11) is 0. The molecule has 5 nitrogen and oxygen atoms in total. The van der Waals surface area contributed by atoms with Crippen LogP contribution in [-0.4, -0.2) is 26.0 Å². The highest BCUT2D eigenvalue weighted by Crippen LogP contribution is 2.16. The summed E-state index contributed by atoms with van der Waals surface area (Å²) in [6.45, 7) is 0. The standard InChI is InChI=1S/C8H8BrN5S/c1-15-8-12-6(10)2-7(13-8)14-4-5(9)3-11-14/h2-4H,1H3,(H2,10,12,13). The van der Waals surface area contributed by atoms with Crippen molar-refractivity contribution in [2.24, 2.45) is 0 Å². The fourth-order valence-electron chi connectivity index (χ4n) is 1.07. The van der Waals surface area contributed by atoms with Gasteiger partial charge in [-0.3, -0.25) is 0 Å². The molecule has 78 valence electrons. The van der Waals surface area contributed by atoms with Crippen molar-refractivity contribution in [3.05, 3.63) is 22.9 Å². The van der Waals surface area contributed by atoms with E-state index in [4.69, 9.17) is 5.73 Å². The van der Waals surface area contributed by atoms with E-state index in [-0.39, 0.29) is 0 Å². The molecule has 7 heteroatoms. The van der Waals surface area contributed by atoms with Gasteiger partial charge in [0.25, 0.3) is 0 Å². The molecule has 0 saturated heterocycles. The van der Waals surface area contributed by atoms with Gasteiger partial charge in [0.05, 0.1) is 10.7 Å². The molecule has 0 bridgehead atoms. The number of rotatable bonds is 2. The molecule has 0 aromatic carbocycles. The molecule has 15 heavy (non-hydrogen) atoms. The predicted octanol–water partition coefficient (Wildman–Crippen LogP) is 1.73. The smallest absolute Gasteiger partial charge is 0.191 e. The quantitative estimate of drug-likeness (QED) is 0.672. The highest BCUT2D eigenvalue weighted by molar-refractivity contribution is 9.10. The molecule has 0 aliphatic heterocycles. The summed E-state index contributed by atoms with van der Waals surface area (Å²) in [6, 6.07) is 1.68. The van der Waals surface area contributed by atoms with Crippen LogP contribution in [0.5, 0.6) is 0 Å². The third-order valence-corrected chi connectivity index (χ3v) is 2.64. The number of anilines is 1. The molecule has 0 spiro atoms. The third kappa shape index (κ3) is 2.29. The van der Waals surface area contributed by atoms with Gasteiger partial charge in [-0.05, 0) is 22.2 Å². The summed E-state index contributed by atoms with van der Waals surface area (Å²) in [5.41, 5.74) is 5.66. The predicted molar refractivity (Wildman–Crippen MR) is 63.0 cm³/mol. The normalized spacial score (nSPS) is 10.5. The molecule has 0 atom stereocenters. The van der Waals surface area contributed by atoms with Gasteiger partial charge in [0, 0.05) is 12.3 Å². The van der Waals surface area contributed by atoms with Gasteiger partial charge >= 0.3 is 0 Å². The van der Waals surface area contributed by atoms with Crippen molar-refractivity contribution in [3.8, 4) is 5.82 Å². The highest BCUT2D eigenvalue weighted by atomic mass is 79.9. The minimum absolute atomic E-state index is 0.441. The van der Waals surface area contributed by atoms with E-state index in [2.05, 4.69) is 31.0 Å². The van der Waals surface area contributed by atoms with Crippen molar-refractivity contribution in [3.63, 3.8) is 0 Å². The second kappa shape index (κ2) is 4.19. The largest absolute Gasteiger partial charge is 0.383 e. The number of aromatic nitrogens is 4. The van der Waals surface area contributed by atoms with E-state index >= 15 is 0 Å². The molecule has 0 amide bonds. The molecular formula is C8H8BrN5S. The minimum atomic E-state index is 0.441. The summed E-state index contributed by atoms with van der Waals surface area (Å²) < 4.78 is 2.53. The second-order valence-corrected chi connectivity index (χ2v) is 4.43. The Bertz CT molecular complexity index is 484. The Labute approximate surface area is 99.2 Å². The first kappa shape index (κ1) is 10.4. The van der Waals surface area contributed by atoms with Crippen LogP contribution in [-0.2, 0) is 0 Å².